The van der Waals surface area contributed by atoms with Crippen molar-refractivity contribution in [3.63, 3.8) is 0 Å². The van der Waals surface area contributed by atoms with Crippen LogP contribution in [0, 0.1) is 5.92 Å². The topological polar surface area (TPSA) is 88.0 Å². The molecule has 0 amide bonds. The lowest BCUT2D eigenvalue weighted by Gasteiger charge is -2.16. The van der Waals surface area contributed by atoms with Gasteiger partial charge in [-0.15, -0.1) is 0 Å². The maximum absolute atomic E-state index is 12.9. The molecule has 1 aliphatic rings. The number of rotatable bonds is 6. The zero-order chi connectivity index (χ0) is 19.7. The lowest BCUT2D eigenvalue weighted by molar-refractivity contribution is 0.0825. The Labute approximate surface area is 163 Å². The Bertz CT molecular complexity index is 989. The maximum atomic E-state index is 12.9. The van der Waals surface area contributed by atoms with Gasteiger partial charge < -0.3 is 9.26 Å². The lowest BCUT2D eigenvalue weighted by atomic mass is 10.0. The Morgan fingerprint density at radius 1 is 1.25 bits per heavy atom. The highest BCUT2D eigenvalue weighted by Crippen LogP contribution is 2.33. The molecule has 0 bridgehead atoms. The van der Waals surface area contributed by atoms with Gasteiger partial charge in [-0.05, 0) is 31.7 Å². The van der Waals surface area contributed by atoms with Crippen LogP contribution in [0.25, 0.3) is 0 Å². The van der Waals surface area contributed by atoms with Crippen molar-refractivity contribution >= 4 is 0 Å². The van der Waals surface area contributed by atoms with Crippen molar-refractivity contribution in [1.29, 1.82) is 0 Å². The van der Waals surface area contributed by atoms with Crippen molar-refractivity contribution in [2.75, 3.05) is 6.61 Å². The number of aromatic nitrogens is 5. The average Bonchev–Trinajstić information content (AvgIpc) is 3.36. The second-order valence-corrected chi connectivity index (χ2v) is 7.59. The maximum Gasteiger partial charge on any atom is 0.346 e. The average molecular weight is 383 g/mol. The van der Waals surface area contributed by atoms with Gasteiger partial charge in [-0.3, -0.25) is 4.57 Å². The summed E-state index contributed by atoms with van der Waals surface area (Å²) in [6, 6.07) is 9.93. The van der Waals surface area contributed by atoms with Gasteiger partial charge >= 0.3 is 5.69 Å². The molecule has 0 N–H and O–H groups in total. The number of nitrogens with zero attached hydrogens (tertiary/aromatic N) is 5. The van der Waals surface area contributed by atoms with Crippen molar-refractivity contribution in [1.82, 2.24) is 24.5 Å². The van der Waals surface area contributed by atoms with Gasteiger partial charge in [0, 0.05) is 19.1 Å². The van der Waals surface area contributed by atoms with Crippen LogP contribution in [0.1, 0.15) is 62.4 Å². The van der Waals surface area contributed by atoms with Crippen LogP contribution in [0.5, 0.6) is 0 Å². The highest BCUT2D eigenvalue weighted by molar-refractivity contribution is 5.18. The fourth-order valence-electron chi connectivity index (χ4n) is 3.58. The Morgan fingerprint density at radius 2 is 2.04 bits per heavy atom. The predicted octanol–water partition coefficient (Wildman–Crippen LogP) is 2.75. The minimum Gasteiger partial charge on any atom is -0.370 e. The molecule has 0 radical (unpaired) electrons. The molecule has 0 saturated carbocycles. The van der Waals surface area contributed by atoms with Gasteiger partial charge in [0.1, 0.15) is 12.6 Å². The van der Waals surface area contributed by atoms with Gasteiger partial charge in [-0.1, -0.05) is 42.4 Å². The normalized spacial score (nSPS) is 19.6. The summed E-state index contributed by atoms with van der Waals surface area (Å²) in [5, 5.41) is 8.60. The van der Waals surface area contributed by atoms with Crippen LogP contribution in [0.15, 0.2) is 39.6 Å². The molecule has 2 aromatic heterocycles. The summed E-state index contributed by atoms with van der Waals surface area (Å²) in [6.07, 6.45) is 1.39. The first-order valence-electron chi connectivity index (χ1n) is 9.69. The van der Waals surface area contributed by atoms with Gasteiger partial charge in [-0.2, -0.15) is 10.1 Å². The van der Waals surface area contributed by atoms with E-state index in [0.29, 0.717) is 36.5 Å². The van der Waals surface area contributed by atoms with E-state index < -0.39 is 0 Å². The van der Waals surface area contributed by atoms with Crippen molar-refractivity contribution in [3.8, 4) is 0 Å². The Kier molecular flexibility index (Phi) is 5.13. The Balaban J connectivity index is 1.58. The molecule has 1 aromatic carbocycles. The van der Waals surface area contributed by atoms with Crippen molar-refractivity contribution < 1.29 is 9.26 Å². The Morgan fingerprint density at radius 3 is 2.71 bits per heavy atom. The third-order valence-corrected chi connectivity index (χ3v) is 5.06. The molecule has 1 fully saturated rings. The lowest BCUT2D eigenvalue weighted by Crippen LogP contribution is -2.28. The van der Waals surface area contributed by atoms with Gasteiger partial charge in [0.05, 0.1) is 0 Å². The summed E-state index contributed by atoms with van der Waals surface area (Å²) in [6.45, 7) is 6.91. The van der Waals surface area contributed by atoms with E-state index in [2.05, 4.69) is 22.2 Å². The van der Waals surface area contributed by atoms with Crippen molar-refractivity contribution in [2.45, 2.75) is 52.3 Å². The minimum absolute atomic E-state index is 0.0102. The van der Waals surface area contributed by atoms with E-state index in [-0.39, 0.29) is 24.4 Å². The van der Waals surface area contributed by atoms with Crippen LogP contribution in [-0.2, 0) is 17.7 Å². The van der Waals surface area contributed by atoms with E-state index in [1.54, 1.807) is 4.57 Å². The van der Waals surface area contributed by atoms with Crippen LogP contribution in [0.3, 0.4) is 0 Å². The molecule has 0 aliphatic carbocycles. The van der Waals surface area contributed by atoms with E-state index >= 15 is 0 Å². The molecular weight excluding hydrogens is 358 g/mol. The SMILES string of the molecule is CC(C)n1c([C@H]2OCC[C@H]2C)nn(Cc2nc(Cc3ccccc3)no2)c1=O. The fourth-order valence-corrected chi connectivity index (χ4v) is 3.58. The first-order valence-corrected chi connectivity index (χ1v) is 9.69. The quantitative estimate of drug-likeness (QED) is 0.650. The zero-order valence-electron chi connectivity index (χ0n) is 16.4. The summed E-state index contributed by atoms with van der Waals surface area (Å²) >= 11 is 0. The molecule has 0 spiro atoms. The summed E-state index contributed by atoms with van der Waals surface area (Å²) in [4.78, 5) is 17.3. The van der Waals surface area contributed by atoms with Crippen molar-refractivity contribution in [2.24, 2.45) is 5.92 Å². The summed E-state index contributed by atoms with van der Waals surface area (Å²) in [7, 11) is 0. The standard InChI is InChI=1S/C20H25N5O3/c1-13(2)25-19(18-14(3)9-10-27-18)22-24(20(25)26)12-17-21-16(23-28-17)11-15-7-5-4-6-8-15/h4-8,13-14,18H,9-12H2,1-3H3/t14-,18+/m1/s1. The third kappa shape index (κ3) is 3.64. The molecule has 1 saturated heterocycles. The number of benzene rings is 1. The highest BCUT2D eigenvalue weighted by Gasteiger charge is 2.32. The molecule has 3 aromatic rings. The monoisotopic (exact) mass is 383 g/mol. The molecule has 148 valence electrons. The van der Waals surface area contributed by atoms with Crippen LogP contribution in [-0.4, -0.2) is 31.1 Å². The first kappa shape index (κ1) is 18.6. The molecule has 2 atom stereocenters. The van der Waals surface area contributed by atoms with E-state index in [1.165, 1.54) is 4.68 Å². The highest BCUT2D eigenvalue weighted by atomic mass is 16.5. The van der Waals surface area contributed by atoms with Gasteiger partial charge in [0.25, 0.3) is 0 Å². The Hall–Kier alpha value is -2.74. The summed E-state index contributed by atoms with van der Waals surface area (Å²) < 4.78 is 14.3. The minimum atomic E-state index is -0.185. The first-order chi connectivity index (χ1) is 13.5. The summed E-state index contributed by atoms with van der Waals surface area (Å²) in [5.41, 5.74) is 0.918. The van der Waals surface area contributed by atoms with Gasteiger partial charge in [0.2, 0.25) is 5.89 Å². The van der Waals surface area contributed by atoms with E-state index in [1.807, 2.05) is 44.2 Å². The second-order valence-electron chi connectivity index (χ2n) is 7.59. The third-order valence-electron chi connectivity index (χ3n) is 5.06. The van der Waals surface area contributed by atoms with Crippen LogP contribution >= 0.6 is 0 Å². The van der Waals surface area contributed by atoms with E-state index in [4.69, 9.17) is 9.26 Å². The molecule has 1 aliphatic heterocycles. The van der Waals surface area contributed by atoms with E-state index in [0.717, 1.165) is 12.0 Å². The molecule has 4 rings (SSSR count). The molecular formula is C20H25N5O3. The largest absolute Gasteiger partial charge is 0.370 e. The van der Waals surface area contributed by atoms with Gasteiger partial charge in [0.15, 0.2) is 11.6 Å². The van der Waals surface area contributed by atoms with Crippen molar-refractivity contribution in [3.05, 3.63) is 63.9 Å². The van der Waals surface area contributed by atoms with Crippen LogP contribution in [0.2, 0.25) is 0 Å². The number of ether oxygens (including phenoxy) is 1. The second kappa shape index (κ2) is 7.71. The molecule has 28 heavy (non-hydrogen) atoms. The smallest absolute Gasteiger partial charge is 0.346 e. The molecule has 0 unspecified atom stereocenters. The predicted molar refractivity (Wildman–Crippen MR) is 102 cm³/mol. The fraction of sp³-hybridized carbons (Fsp3) is 0.500. The number of hydrogen-bond acceptors (Lipinski definition) is 6. The van der Waals surface area contributed by atoms with E-state index in [9.17, 15) is 4.79 Å². The van der Waals surface area contributed by atoms with Gasteiger partial charge in [-0.25, -0.2) is 9.48 Å². The van der Waals surface area contributed by atoms with Crippen LogP contribution in [0.4, 0.5) is 0 Å². The van der Waals surface area contributed by atoms with Crippen LogP contribution < -0.4 is 5.69 Å². The zero-order valence-corrected chi connectivity index (χ0v) is 16.4. The molecule has 3 heterocycles. The summed E-state index contributed by atoms with van der Waals surface area (Å²) in [5.74, 6) is 1.96. The molecule has 8 heteroatoms. The number of hydrogen-bond donors (Lipinski definition) is 0. The molecule has 8 nitrogen and oxygen atoms in total.